The van der Waals surface area contributed by atoms with Gasteiger partial charge in [0.25, 0.3) is 0 Å². The summed E-state index contributed by atoms with van der Waals surface area (Å²) in [6.07, 6.45) is -0.0833. The van der Waals surface area contributed by atoms with Crippen LogP contribution in [0.4, 0.5) is 0 Å². The second kappa shape index (κ2) is 6.75. The first-order valence-corrected chi connectivity index (χ1v) is 4.85. The van der Waals surface area contributed by atoms with Gasteiger partial charge in [-0.3, -0.25) is 4.79 Å². The lowest BCUT2D eigenvalue weighted by Crippen LogP contribution is -2.47. The maximum absolute atomic E-state index is 11.3. The first-order valence-electron chi connectivity index (χ1n) is 4.85. The van der Waals surface area contributed by atoms with E-state index in [9.17, 15) is 4.79 Å². The van der Waals surface area contributed by atoms with Crippen LogP contribution in [-0.4, -0.2) is 41.4 Å². The number of hydrogen-bond donors (Lipinski definition) is 4. The molecule has 14 heavy (non-hydrogen) atoms. The Balaban J connectivity index is 3.84. The smallest absolute Gasteiger partial charge is 0.237 e. The molecule has 0 aromatic carbocycles. The van der Waals surface area contributed by atoms with E-state index in [4.69, 9.17) is 15.9 Å². The Labute approximate surface area is 84.3 Å². The van der Waals surface area contributed by atoms with E-state index in [1.807, 2.05) is 13.8 Å². The number of rotatable bonds is 6. The van der Waals surface area contributed by atoms with Gasteiger partial charge in [0, 0.05) is 6.54 Å². The zero-order chi connectivity index (χ0) is 11.1. The highest BCUT2D eigenvalue weighted by Crippen LogP contribution is 2.04. The predicted molar refractivity (Wildman–Crippen MR) is 53.5 cm³/mol. The molecule has 0 aromatic rings. The highest BCUT2D eigenvalue weighted by atomic mass is 16.3. The Bertz CT molecular complexity index is 175. The average molecular weight is 204 g/mol. The van der Waals surface area contributed by atoms with Crippen LogP contribution in [0.15, 0.2) is 0 Å². The highest BCUT2D eigenvalue weighted by Gasteiger charge is 2.19. The molecule has 0 radical (unpaired) electrons. The third-order valence-corrected chi connectivity index (χ3v) is 2.28. The van der Waals surface area contributed by atoms with Crippen molar-refractivity contribution in [1.82, 2.24) is 5.32 Å². The number of aliphatic hydroxyl groups excluding tert-OH is 2. The summed E-state index contributed by atoms with van der Waals surface area (Å²) in [5.74, 6) is -0.173. The van der Waals surface area contributed by atoms with Crippen molar-refractivity contribution in [1.29, 1.82) is 0 Å². The summed E-state index contributed by atoms with van der Waals surface area (Å²) in [4.78, 5) is 11.3. The summed E-state index contributed by atoms with van der Waals surface area (Å²) < 4.78 is 0. The van der Waals surface area contributed by atoms with Crippen LogP contribution in [-0.2, 0) is 4.79 Å². The molecular formula is C9H20N2O3. The third-order valence-electron chi connectivity index (χ3n) is 2.28. The van der Waals surface area contributed by atoms with Crippen molar-refractivity contribution < 1.29 is 15.0 Å². The molecule has 5 N–H and O–H groups in total. The van der Waals surface area contributed by atoms with Crippen molar-refractivity contribution in [2.75, 3.05) is 13.2 Å². The Kier molecular flexibility index (Phi) is 6.44. The van der Waals surface area contributed by atoms with Crippen LogP contribution in [0.2, 0.25) is 0 Å². The second-order valence-corrected chi connectivity index (χ2v) is 3.49. The van der Waals surface area contributed by atoms with Gasteiger partial charge >= 0.3 is 0 Å². The maximum Gasteiger partial charge on any atom is 0.237 e. The molecular weight excluding hydrogens is 184 g/mol. The molecule has 5 heteroatoms. The van der Waals surface area contributed by atoms with E-state index < -0.39 is 12.1 Å². The number of carbonyl (C=O) groups is 1. The average Bonchev–Trinajstić information content (AvgIpc) is 2.22. The molecule has 5 nitrogen and oxygen atoms in total. The molecule has 0 heterocycles. The fraction of sp³-hybridized carbons (Fsp3) is 0.889. The van der Waals surface area contributed by atoms with Gasteiger partial charge in [0.1, 0.15) is 0 Å². The molecule has 0 aromatic heterocycles. The van der Waals surface area contributed by atoms with Crippen LogP contribution < -0.4 is 11.1 Å². The molecule has 0 rings (SSSR count). The molecule has 0 spiro atoms. The standard InChI is InChI=1S/C9H20N2O3/c1-3-6(2)8(10)9(14)11-4-7(13)5-12/h6-8,12-13H,3-5,10H2,1-2H3,(H,11,14)/t6?,7?,8-/m0/s1. The zero-order valence-electron chi connectivity index (χ0n) is 8.73. The summed E-state index contributed by atoms with van der Waals surface area (Å²) in [6, 6.07) is -0.550. The quantitative estimate of drug-likeness (QED) is 0.438. The van der Waals surface area contributed by atoms with Gasteiger partial charge in [-0.15, -0.1) is 0 Å². The SMILES string of the molecule is CCC(C)[C@H](N)C(=O)NCC(O)CO. The molecule has 0 fully saturated rings. The minimum Gasteiger partial charge on any atom is -0.394 e. The fourth-order valence-corrected chi connectivity index (χ4v) is 0.913. The highest BCUT2D eigenvalue weighted by molar-refractivity contribution is 5.81. The predicted octanol–water partition coefficient (Wildman–Crippen LogP) is -1.17. The Hall–Kier alpha value is -0.650. The van der Waals surface area contributed by atoms with Crippen LogP contribution in [0, 0.1) is 5.92 Å². The number of amides is 1. The molecule has 0 saturated heterocycles. The minimum absolute atomic E-state index is 0.0411. The summed E-state index contributed by atoms with van der Waals surface area (Å²) >= 11 is 0. The molecule has 1 amide bonds. The van der Waals surface area contributed by atoms with Crippen LogP contribution in [0.5, 0.6) is 0 Å². The van der Waals surface area contributed by atoms with Crippen molar-refractivity contribution in [2.24, 2.45) is 11.7 Å². The van der Waals surface area contributed by atoms with Gasteiger partial charge in [-0.05, 0) is 5.92 Å². The van der Waals surface area contributed by atoms with E-state index in [-0.39, 0.29) is 25.0 Å². The molecule has 0 aliphatic carbocycles. The van der Waals surface area contributed by atoms with Gasteiger partial charge in [0.2, 0.25) is 5.91 Å². The molecule has 3 atom stereocenters. The third kappa shape index (κ3) is 4.55. The Morgan fingerprint density at radius 3 is 2.57 bits per heavy atom. The molecule has 2 unspecified atom stereocenters. The van der Waals surface area contributed by atoms with Gasteiger partial charge < -0.3 is 21.3 Å². The first-order chi connectivity index (χ1) is 6.52. The Morgan fingerprint density at radius 2 is 2.14 bits per heavy atom. The first kappa shape index (κ1) is 13.4. The van der Waals surface area contributed by atoms with Crippen molar-refractivity contribution in [3.63, 3.8) is 0 Å². The lowest BCUT2D eigenvalue weighted by Gasteiger charge is -2.18. The van der Waals surface area contributed by atoms with Crippen LogP contribution in [0.25, 0.3) is 0 Å². The van der Waals surface area contributed by atoms with Gasteiger partial charge in [-0.2, -0.15) is 0 Å². The monoisotopic (exact) mass is 204 g/mol. The lowest BCUT2D eigenvalue weighted by molar-refractivity contribution is -0.124. The molecule has 0 saturated carbocycles. The normalized spacial score (nSPS) is 17.2. The number of aliphatic hydroxyl groups is 2. The van der Waals surface area contributed by atoms with Crippen molar-refractivity contribution >= 4 is 5.91 Å². The topological polar surface area (TPSA) is 95.6 Å². The summed E-state index contributed by atoms with van der Waals surface area (Å²) in [7, 11) is 0. The number of carbonyl (C=O) groups excluding carboxylic acids is 1. The van der Waals surface area contributed by atoms with E-state index in [0.717, 1.165) is 6.42 Å². The number of nitrogens with two attached hydrogens (primary N) is 1. The van der Waals surface area contributed by atoms with E-state index in [1.54, 1.807) is 0 Å². The van der Waals surface area contributed by atoms with Crippen LogP contribution in [0.1, 0.15) is 20.3 Å². The van der Waals surface area contributed by atoms with E-state index in [0.29, 0.717) is 0 Å². The van der Waals surface area contributed by atoms with Gasteiger partial charge in [0.15, 0.2) is 0 Å². The number of hydrogen-bond acceptors (Lipinski definition) is 4. The lowest BCUT2D eigenvalue weighted by atomic mass is 9.99. The van der Waals surface area contributed by atoms with Crippen molar-refractivity contribution in [3.8, 4) is 0 Å². The van der Waals surface area contributed by atoms with Crippen molar-refractivity contribution in [2.45, 2.75) is 32.4 Å². The Morgan fingerprint density at radius 1 is 1.57 bits per heavy atom. The molecule has 0 bridgehead atoms. The second-order valence-electron chi connectivity index (χ2n) is 3.49. The van der Waals surface area contributed by atoms with E-state index >= 15 is 0 Å². The fourth-order valence-electron chi connectivity index (χ4n) is 0.913. The van der Waals surface area contributed by atoms with Crippen molar-refractivity contribution in [3.05, 3.63) is 0 Å². The summed E-state index contributed by atoms with van der Waals surface area (Å²) in [5, 5.41) is 20.0. The van der Waals surface area contributed by atoms with E-state index in [2.05, 4.69) is 5.32 Å². The maximum atomic E-state index is 11.3. The van der Waals surface area contributed by atoms with Gasteiger partial charge in [-0.25, -0.2) is 0 Å². The molecule has 84 valence electrons. The largest absolute Gasteiger partial charge is 0.394 e. The summed E-state index contributed by atoms with van der Waals surface area (Å²) in [5.41, 5.74) is 5.64. The molecule has 0 aliphatic rings. The number of nitrogens with one attached hydrogen (secondary N) is 1. The van der Waals surface area contributed by atoms with Gasteiger partial charge in [-0.1, -0.05) is 20.3 Å². The van der Waals surface area contributed by atoms with Gasteiger partial charge in [0.05, 0.1) is 18.8 Å². The zero-order valence-corrected chi connectivity index (χ0v) is 8.73. The van der Waals surface area contributed by atoms with E-state index in [1.165, 1.54) is 0 Å². The van der Waals surface area contributed by atoms with Crippen LogP contribution >= 0.6 is 0 Å². The minimum atomic E-state index is -0.914. The van der Waals surface area contributed by atoms with Crippen LogP contribution in [0.3, 0.4) is 0 Å². The summed E-state index contributed by atoms with van der Waals surface area (Å²) in [6.45, 7) is 3.53. The molecule has 0 aliphatic heterocycles.